The maximum Gasteiger partial charge on any atom is 0.277 e. The maximum atomic E-state index is 12.8. The van der Waals surface area contributed by atoms with E-state index in [0.717, 1.165) is 23.5 Å². The van der Waals surface area contributed by atoms with E-state index in [9.17, 15) is 4.79 Å². The van der Waals surface area contributed by atoms with Crippen molar-refractivity contribution in [1.29, 1.82) is 0 Å². The molecule has 9 heteroatoms. The number of aromatic nitrogens is 3. The Morgan fingerprint density at radius 1 is 1.23 bits per heavy atom. The van der Waals surface area contributed by atoms with Crippen molar-refractivity contribution < 1.29 is 13.9 Å². The first-order valence-electron chi connectivity index (χ1n) is 9.55. The van der Waals surface area contributed by atoms with Crippen molar-refractivity contribution in [3.05, 3.63) is 80.6 Å². The zero-order chi connectivity index (χ0) is 21.8. The summed E-state index contributed by atoms with van der Waals surface area (Å²) in [5, 5.41) is 11.0. The van der Waals surface area contributed by atoms with Crippen LogP contribution in [-0.4, -0.2) is 26.3 Å². The van der Waals surface area contributed by atoms with E-state index >= 15 is 0 Å². The first-order chi connectivity index (χ1) is 15.0. The van der Waals surface area contributed by atoms with Gasteiger partial charge in [0.1, 0.15) is 5.75 Å². The van der Waals surface area contributed by atoms with Crippen LogP contribution in [0.4, 0.5) is 0 Å². The van der Waals surface area contributed by atoms with Crippen LogP contribution in [-0.2, 0) is 13.2 Å². The fraction of sp³-hybridized carbons (Fsp3) is 0.227. The van der Waals surface area contributed by atoms with Crippen LogP contribution < -0.4 is 4.74 Å². The standard InChI is InChI=1S/C22H20ClN3O3S2/c1-14-10-19(15(2)26(14)11-18-4-3-9-30-18)20(27)13-31-22-25-24-21(29-22)12-28-17-7-5-16(23)6-8-17/h3-10H,11-13H2,1-2H3. The van der Waals surface area contributed by atoms with E-state index in [2.05, 4.69) is 26.2 Å². The number of benzene rings is 1. The molecule has 160 valence electrons. The van der Waals surface area contributed by atoms with Crippen molar-refractivity contribution in [2.75, 3.05) is 5.75 Å². The number of carbonyl (C=O) groups excluding carboxylic acids is 1. The summed E-state index contributed by atoms with van der Waals surface area (Å²) in [7, 11) is 0. The van der Waals surface area contributed by atoms with Crippen LogP contribution in [0.15, 0.2) is 57.5 Å². The average Bonchev–Trinajstić information content (AvgIpc) is 3.50. The molecule has 0 aliphatic rings. The molecule has 0 unspecified atom stereocenters. The molecule has 0 amide bonds. The summed E-state index contributed by atoms with van der Waals surface area (Å²) >= 11 is 8.80. The topological polar surface area (TPSA) is 70.2 Å². The number of ketones is 1. The molecule has 0 saturated heterocycles. The molecular formula is C22H20ClN3O3S2. The lowest BCUT2D eigenvalue weighted by atomic mass is 10.2. The lowest BCUT2D eigenvalue weighted by molar-refractivity contribution is 0.102. The number of hydrogen-bond acceptors (Lipinski definition) is 7. The molecule has 4 aromatic rings. The molecule has 0 N–H and O–H groups in total. The second kappa shape index (κ2) is 9.72. The van der Waals surface area contributed by atoms with Crippen LogP contribution in [0.25, 0.3) is 0 Å². The summed E-state index contributed by atoms with van der Waals surface area (Å²) in [6.45, 7) is 4.93. The lowest BCUT2D eigenvalue weighted by Gasteiger charge is -2.08. The van der Waals surface area contributed by atoms with Crippen molar-refractivity contribution in [3.8, 4) is 5.75 Å². The molecule has 0 aliphatic heterocycles. The number of nitrogens with zero attached hydrogens (tertiary/aromatic N) is 3. The Balaban J connectivity index is 1.33. The Hall–Kier alpha value is -2.55. The first kappa shape index (κ1) is 21.7. The van der Waals surface area contributed by atoms with Gasteiger partial charge in [-0.1, -0.05) is 29.4 Å². The van der Waals surface area contributed by atoms with Gasteiger partial charge in [0, 0.05) is 26.9 Å². The number of carbonyl (C=O) groups is 1. The fourth-order valence-corrected chi connectivity index (χ4v) is 4.60. The SMILES string of the molecule is Cc1cc(C(=O)CSc2nnc(COc3ccc(Cl)cc3)o2)c(C)n1Cc1cccs1. The van der Waals surface area contributed by atoms with Gasteiger partial charge in [-0.2, -0.15) is 0 Å². The summed E-state index contributed by atoms with van der Waals surface area (Å²) in [4.78, 5) is 14.1. The Morgan fingerprint density at radius 3 is 2.77 bits per heavy atom. The largest absolute Gasteiger partial charge is 0.484 e. The molecule has 0 saturated carbocycles. The van der Waals surface area contributed by atoms with Gasteiger partial charge in [-0.3, -0.25) is 4.79 Å². The van der Waals surface area contributed by atoms with Crippen molar-refractivity contribution in [2.24, 2.45) is 0 Å². The van der Waals surface area contributed by atoms with Gasteiger partial charge in [-0.05, 0) is 55.6 Å². The first-order valence-corrected chi connectivity index (χ1v) is 11.8. The van der Waals surface area contributed by atoms with Gasteiger partial charge in [-0.25, -0.2) is 0 Å². The molecular weight excluding hydrogens is 454 g/mol. The van der Waals surface area contributed by atoms with Gasteiger partial charge in [0.2, 0.25) is 0 Å². The number of ether oxygens (including phenoxy) is 1. The van der Waals surface area contributed by atoms with Crippen molar-refractivity contribution in [3.63, 3.8) is 0 Å². The van der Waals surface area contributed by atoms with E-state index < -0.39 is 0 Å². The Labute approximate surface area is 193 Å². The second-order valence-electron chi connectivity index (χ2n) is 6.87. The summed E-state index contributed by atoms with van der Waals surface area (Å²) in [5.41, 5.74) is 2.77. The highest BCUT2D eigenvalue weighted by molar-refractivity contribution is 7.99. The zero-order valence-electron chi connectivity index (χ0n) is 17.0. The third-order valence-electron chi connectivity index (χ3n) is 4.72. The Kier molecular flexibility index (Phi) is 6.80. The van der Waals surface area contributed by atoms with E-state index in [-0.39, 0.29) is 18.1 Å². The molecule has 0 radical (unpaired) electrons. The highest BCUT2D eigenvalue weighted by Crippen LogP contribution is 2.23. The third-order valence-corrected chi connectivity index (χ3v) is 6.65. The summed E-state index contributed by atoms with van der Waals surface area (Å²) in [5.74, 6) is 1.26. The van der Waals surface area contributed by atoms with Crippen LogP contribution in [0, 0.1) is 13.8 Å². The second-order valence-corrected chi connectivity index (χ2v) is 9.26. The zero-order valence-corrected chi connectivity index (χ0v) is 19.4. The predicted octanol–water partition coefficient (Wildman–Crippen LogP) is 5.81. The smallest absolute Gasteiger partial charge is 0.277 e. The van der Waals surface area contributed by atoms with Gasteiger partial charge >= 0.3 is 0 Å². The van der Waals surface area contributed by atoms with Crippen molar-refractivity contribution in [1.82, 2.24) is 14.8 Å². The van der Waals surface area contributed by atoms with E-state index in [1.165, 1.54) is 16.6 Å². The van der Waals surface area contributed by atoms with Gasteiger partial charge in [0.05, 0.1) is 12.3 Å². The van der Waals surface area contributed by atoms with Crippen LogP contribution in [0.1, 0.15) is 32.5 Å². The van der Waals surface area contributed by atoms with E-state index in [1.54, 1.807) is 35.6 Å². The van der Waals surface area contributed by atoms with E-state index in [0.29, 0.717) is 21.9 Å². The van der Waals surface area contributed by atoms with Crippen LogP contribution in [0.2, 0.25) is 5.02 Å². The minimum atomic E-state index is 0.0349. The monoisotopic (exact) mass is 473 g/mol. The van der Waals surface area contributed by atoms with E-state index in [1.807, 2.05) is 26.0 Å². The molecule has 1 aromatic carbocycles. The highest BCUT2D eigenvalue weighted by atomic mass is 35.5. The molecule has 3 aromatic heterocycles. The Morgan fingerprint density at radius 2 is 2.03 bits per heavy atom. The number of rotatable bonds is 9. The van der Waals surface area contributed by atoms with Crippen LogP contribution >= 0.6 is 34.7 Å². The third kappa shape index (κ3) is 5.39. The molecule has 0 aliphatic carbocycles. The normalized spacial score (nSPS) is 11.1. The predicted molar refractivity (Wildman–Crippen MR) is 122 cm³/mol. The maximum absolute atomic E-state index is 12.8. The van der Waals surface area contributed by atoms with Gasteiger partial charge in [0.15, 0.2) is 12.4 Å². The van der Waals surface area contributed by atoms with Gasteiger partial charge in [-0.15, -0.1) is 21.5 Å². The van der Waals surface area contributed by atoms with E-state index in [4.69, 9.17) is 20.8 Å². The summed E-state index contributed by atoms with van der Waals surface area (Å²) < 4.78 is 13.3. The molecule has 0 atom stereocenters. The van der Waals surface area contributed by atoms with Crippen molar-refractivity contribution >= 4 is 40.5 Å². The van der Waals surface area contributed by atoms with Crippen molar-refractivity contribution in [2.45, 2.75) is 32.2 Å². The van der Waals surface area contributed by atoms with Crippen LogP contribution in [0.3, 0.4) is 0 Å². The fourth-order valence-electron chi connectivity index (χ4n) is 3.12. The van der Waals surface area contributed by atoms with Gasteiger partial charge < -0.3 is 13.7 Å². The lowest BCUT2D eigenvalue weighted by Crippen LogP contribution is -2.07. The summed E-state index contributed by atoms with van der Waals surface area (Å²) in [6.07, 6.45) is 0. The molecule has 3 heterocycles. The number of thioether (sulfide) groups is 1. The number of aryl methyl sites for hydroxylation is 1. The average molecular weight is 474 g/mol. The quantitative estimate of drug-likeness (QED) is 0.226. The Bertz CT molecular complexity index is 1170. The number of hydrogen-bond donors (Lipinski definition) is 0. The molecule has 0 bridgehead atoms. The number of halogens is 1. The minimum absolute atomic E-state index is 0.0349. The number of Topliss-reactive ketones (excluding diaryl/α,β-unsaturated/α-hetero) is 1. The molecule has 0 spiro atoms. The molecule has 31 heavy (non-hydrogen) atoms. The van der Waals surface area contributed by atoms with Crippen LogP contribution in [0.5, 0.6) is 5.75 Å². The molecule has 6 nitrogen and oxygen atoms in total. The highest BCUT2D eigenvalue weighted by Gasteiger charge is 2.18. The summed E-state index contributed by atoms with van der Waals surface area (Å²) in [6, 6.07) is 13.1. The minimum Gasteiger partial charge on any atom is -0.484 e. The van der Waals surface area contributed by atoms with Gasteiger partial charge in [0.25, 0.3) is 11.1 Å². The molecule has 0 fully saturated rings. The molecule has 4 rings (SSSR count). The number of thiophene rings is 1.